The second kappa shape index (κ2) is 10.5. The van der Waals surface area contributed by atoms with Crippen molar-refractivity contribution in [3.05, 3.63) is 78.1 Å². The van der Waals surface area contributed by atoms with Crippen LogP contribution in [0.5, 0.6) is 0 Å². The van der Waals surface area contributed by atoms with Gasteiger partial charge in [0.2, 0.25) is 15.9 Å². The zero-order valence-corrected chi connectivity index (χ0v) is 20.6. The molecule has 34 heavy (non-hydrogen) atoms. The monoisotopic (exact) mass is 480 g/mol. The largest absolute Gasteiger partial charge is 0.340 e. The Morgan fingerprint density at radius 2 is 1.68 bits per heavy atom. The number of benzene rings is 2. The average Bonchev–Trinajstić information content (AvgIpc) is 3.36. The van der Waals surface area contributed by atoms with Crippen LogP contribution in [0.3, 0.4) is 0 Å². The molecule has 1 amide bonds. The molecule has 0 spiro atoms. The molecular formula is C26H32N4O3S. The second-order valence-corrected chi connectivity index (χ2v) is 10.7. The summed E-state index contributed by atoms with van der Waals surface area (Å²) in [6.45, 7) is 5.70. The lowest BCUT2D eigenvalue weighted by molar-refractivity contribution is -0.132. The highest BCUT2D eigenvalue weighted by Crippen LogP contribution is 2.23. The Balaban J connectivity index is 1.29. The van der Waals surface area contributed by atoms with E-state index in [-0.39, 0.29) is 5.91 Å². The molecule has 0 radical (unpaired) electrons. The molecule has 2 aromatic carbocycles. The van der Waals surface area contributed by atoms with Gasteiger partial charge in [0, 0.05) is 38.8 Å². The van der Waals surface area contributed by atoms with Gasteiger partial charge in [0.25, 0.3) is 0 Å². The third-order valence-corrected chi connectivity index (χ3v) is 8.49. The molecule has 1 saturated heterocycles. The first kappa shape index (κ1) is 24.2. The van der Waals surface area contributed by atoms with Crippen molar-refractivity contribution in [3.63, 3.8) is 0 Å². The number of carbonyl (C=O) groups excluding carboxylic acids is 1. The van der Waals surface area contributed by atoms with Crippen molar-refractivity contribution in [2.45, 2.75) is 43.9 Å². The maximum atomic E-state index is 13.1. The molecule has 0 aliphatic carbocycles. The Morgan fingerprint density at radius 1 is 1.00 bits per heavy atom. The quantitative estimate of drug-likeness (QED) is 0.491. The van der Waals surface area contributed by atoms with Gasteiger partial charge in [-0.3, -0.25) is 4.79 Å². The van der Waals surface area contributed by atoms with E-state index in [2.05, 4.69) is 18.9 Å². The van der Waals surface area contributed by atoms with Crippen molar-refractivity contribution in [1.29, 1.82) is 0 Å². The van der Waals surface area contributed by atoms with E-state index in [4.69, 9.17) is 0 Å². The minimum atomic E-state index is -3.55. The zero-order chi connectivity index (χ0) is 24.1. The van der Waals surface area contributed by atoms with Crippen LogP contribution in [0.2, 0.25) is 0 Å². The number of nitrogens with zero attached hydrogens (tertiary/aromatic N) is 4. The molecule has 1 aliphatic rings. The van der Waals surface area contributed by atoms with Gasteiger partial charge in [0.05, 0.1) is 16.8 Å². The number of aromatic nitrogens is 2. The lowest BCUT2D eigenvalue weighted by atomic mass is 9.99. The normalized spacial score (nSPS) is 15.9. The first-order valence-electron chi connectivity index (χ1n) is 11.9. The molecule has 180 valence electrons. The molecule has 1 unspecified atom stereocenters. The highest BCUT2D eigenvalue weighted by Gasteiger charge is 2.30. The summed E-state index contributed by atoms with van der Waals surface area (Å²) >= 11 is 0. The van der Waals surface area contributed by atoms with E-state index < -0.39 is 10.0 Å². The SMILES string of the molecule is CCC(C)c1ccc(S(=O)(=O)N2CCN(C(=O)CCc3cnn(-c4ccccc4)c3)CC2)cc1. The van der Waals surface area contributed by atoms with E-state index in [0.717, 1.165) is 23.2 Å². The van der Waals surface area contributed by atoms with Crippen LogP contribution in [0.25, 0.3) is 5.69 Å². The number of rotatable bonds is 8. The van der Waals surface area contributed by atoms with Gasteiger partial charge in [-0.15, -0.1) is 0 Å². The number of sulfonamides is 1. The van der Waals surface area contributed by atoms with Crippen molar-refractivity contribution in [2.75, 3.05) is 26.2 Å². The van der Waals surface area contributed by atoms with Crippen LogP contribution in [0.1, 0.15) is 43.7 Å². The second-order valence-electron chi connectivity index (χ2n) is 8.79. The van der Waals surface area contributed by atoms with Gasteiger partial charge in [0.1, 0.15) is 0 Å². The molecule has 1 aliphatic heterocycles. The van der Waals surface area contributed by atoms with Crippen molar-refractivity contribution < 1.29 is 13.2 Å². The average molecular weight is 481 g/mol. The van der Waals surface area contributed by atoms with Crippen molar-refractivity contribution >= 4 is 15.9 Å². The van der Waals surface area contributed by atoms with Crippen molar-refractivity contribution in [2.24, 2.45) is 0 Å². The fourth-order valence-electron chi connectivity index (χ4n) is 4.15. The van der Waals surface area contributed by atoms with E-state index in [9.17, 15) is 13.2 Å². The van der Waals surface area contributed by atoms with Crippen LogP contribution in [-0.2, 0) is 21.2 Å². The topological polar surface area (TPSA) is 75.5 Å². The Labute approximate surface area is 202 Å². The van der Waals surface area contributed by atoms with Crippen LogP contribution in [0.15, 0.2) is 71.9 Å². The molecule has 8 heteroatoms. The maximum absolute atomic E-state index is 13.1. The molecule has 0 N–H and O–H groups in total. The summed E-state index contributed by atoms with van der Waals surface area (Å²) in [6.07, 6.45) is 5.73. The standard InChI is InChI=1S/C26H32N4O3S/c1-3-21(2)23-10-12-25(13-11-23)34(32,33)29-17-15-28(16-18-29)26(31)14-9-22-19-27-30(20-22)24-7-5-4-6-8-24/h4-8,10-13,19-21H,3,9,14-18H2,1-2H3. The van der Waals surface area contributed by atoms with Gasteiger partial charge in [0.15, 0.2) is 0 Å². The zero-order valence-electron chi connectivity index (χ0n) is 19.8. The highest BCUT2D eigenvalue weighted by atomic mass is 32.2. The predicted molar refractivity (Wildman–Crippen MR) is 132 cm³/mol. The summed E-state index contributed by atoms with van der Waals surface area (Å²) in [4.78, 5) is 14.8. The summed E-state index contributed by atoms with van der Waals surface area (Å²) in [5.74, 6) is 0.446. The summed E-state index contributed by atoms with van der Waals surface area (Å²) < 4.78 is 29.4. The summed E-state index contributed by atoms with van der Waals surface area (Å²) in [6, 6.07) is 17.0. The van der Waals surface area contributed by atoms with Crippen LogP contribution in [0, 0.1) is 0 Å². The van der Waals surface area contributed by atoms with E-state index in [1.165, 1.54) is 4.31 Å². The number of para-hydroxylation sites is 1. The fraction of sp³-hybridized carbons (Fsp3) is 0.385. The fourth-order valence-corrected chi connectivity index (χ4v) is 5.57. The smallest absolute Gasteiger partial charge is 0.243 e. The molecule has 1 fully saturated rings. The first-order chi connectivity index (χ1) is 16.4. The molecule has 1 atom stereocenters. The minimum Gasteiger partial charge on any atom is -0.340 e. The molecule has 4 rings (SSSR count). The third-order valence-electron chi connectivity index (χ3n) is 6.57. The van der Waals surface area contributed by atoms with E-state index in [1.807, 2.05) is 48.7 Å². The van der Waals surface area contributed by atoms with Crippen molar-refractivity contribution in [1.82, 2.24) is 19.0 Å². The number of hydrogen-bond acceptors (Lipinski definition) is 4. The first-order valence-corrected chi connectivity index (χ1v) is 13.3. The van der Waals surface area contributed by atoms with Gasteiger partial charge in [-0.05, 0) is 54.2 Å². The van der Waals surface area contributed by atoms with Gasteiger partial charge in [-0.25, -0.2) is 13.1 Å². The van der Waals surface area contributed by atoms with E-state index >= 15 is 0 Å². The molecule has 0 saturated carbocycles. The van der Waals surface area contributed by atoms with Gasteiger partial charge >= 0.3 is 0 Å². The summed E-state index contributed by atoms with van der Waals surface area (Å²) in [5, 5.41) is 4.38. The van der Waals surface area contributed by atoms with Crippen molar-refractivity contribution in [3.8, 4) is 5.69 Å². The van der Waals surface area contributed by atoms with Gasteiger partial charge in [-0.2, -0.15) is 9.40 Å². The third kappa shape index (κ3) is 5.39. The van der Waals surface area contributed by atoms with Crippen LogP contribution < -0.4 is 0 Å². The summed E-state index contributed by atoms with van der Waals surface area (Å²) in [5.41, 5.74) is 3.12. The Morgan fingerprint density at radius 3 is 2.32 bits per heavy atom. The lowest BCUT2D eigenvalue weighted by Gasteiger charge is -2.34. The number of amides is 1. The van der Waals surface area contributed by atoms with Gasteiger partial charge < -0.3 is 4.90 Å². The van der Waals surface area contributed by atoms with E-state index in [0.29, 0.717) is 49.8 Å². The molecule has 2 heterocycles. The minimum absolute atomic E-state index is 0.0439. The van der Waals surface area contributed by atoms with Crippen LogP contribution in [-0.4, -0.2) is 59.5 Å². The molecule has 0 bridgehead atoms. The highest BCUT2D eigenvalue weighted by molar-refractivity contribution is 7.89. The Hall–Kier alpha value is -2.97. The number of piperazine rings is 1. The molecular weight excluding hydrogens is 448 g/mol. The molecule has 3 aromatic rings. The lowest BCUT2D eigenvalue weighted by Crippen LogP contribution is -2.50. The molecule has 7 nitrogen and oxygen atoms in total. The Kier molecular flexibility index (Phi) is 7.48. The Bertz CT molecular complexity index is 1200. The summed E-state index contributed by atoms with van der Waals surface area (Å²) in [7, 11) is -3.55. The number of aryl methyl sites for hydroxylation is 1. The maximum Gasteiger partial charge on any atom is 0.243 e. The number of hydrogen-bond donors (Lipinski definition) is 0. The van der Waals surface area contributed by atoms with Crippen LogP contribution in [0.4, 0.5) is 0 Å². The van der Waals surface area contributed by atoms with E-state index in [1.54, 1.807) is 27.9 Å². The van der Waals surface area contributed by atoms with Gasteiger partial charge in [-0.1, -0.05) is 44.2 Å². The van der Waals surface area contributed by atoms with Crippen LogP contribution >= 0.6 is 0 Å². The molecule has 1 aromatic heterocycles. The number of carbonyl (C=O) groups is 1. The predicted octanol–water partition coefficient (Wildman–Crippen LogP) is 3.85.